The third-order valence-electron chi connectivity index (χ3n) is 3.47. The minimum absolute atomic E-state index is 0.469. The maximum atomic E-state index is 4.09. The third-order valence-corrected chi connectivity index (χ3v) is 3.47. The molecule has 1 aromatic rings. The molecule has 2 unspecified atom stereocenters. The fourth-order valence-electron chi connectivity index (χ4n) is 2.40. The van der Waals surface area contributed by atoms with Gasteiger partial charge in [0.1, 0.15) is 5.82 Å². The lowest BCUT2D eigenvalue weighted by Gasteiger charge is -2.29. The Balaban J connectivity index is 1.92. The monoisotopic (exact) mass is 237 g/mol. The van der Waals surface area contributed by atoms with Crippen LogP contribution in [-0.2, 0) is 6.54 Å². The first-order valence-electron chi connectivity index (χ1n) is 6.67. The fourth-order valence-corrected chi connectivity index (χ4v) is 2.40. The molecule has 1 saturated heterocycles. The summed E-state index contributed by atoms with van der Waals surface area (Å²) < 4.78 is 1.95. The van der Waals surface area contributed by atoms with Gasteiger partial charge >= 0.3 is 0 Å². The van der Waals surface area contributed by atoms with E-state index in [1.165, 1.54) is 19.4 Å². The summed E-state index contributed by atoms with van der Waals surface area (Å²) in [5.74, 6) is 1.75. The molecule has 2 rings (SSSR count). The van der Waals surface area contributed by atoms with E-state index < -0.39 is 0 Å². The lowest BCUT2D eigenvalue weighted by atomic mass is 9.93. The molecule has 2 N–H and O–H groups in total. The van der Waals surface area contributed by atoms with Crippen molar-refractivity contribution in [2.75, 3.05) is 18.4 Å². The molecule has 1 fully saturated rings. The largest absolute Gasteiger partial charge is 0.366 e. The van der Waals surface area contributed by atoms with Crippen LogP contribution < -0.4 is 10.6 Å². The van der Waals surface area contributed by atoms with E-state index >= 15 is 0 Å². The molecule has 1 aliphatic heterocycles. The standard InChI is InChI=1S/C12H23N5/c1-3-7-17-12(9-14-16-17)15-10(2)11-5-4-6-13-8-11/h9-11,13,15H,3-8H2,1-2H3. The number of aryl methyl sites for hydroxylation is 1. The lowest BCUT2D eigenvalue weighted by molar-refractivity contribution is 0.345. The quantitative estimate of drug-likeness (QED) is 0.814. The highest BCUT2D eigenvalue weighted by atomic mass is 15.5. The van der Waals surface area contributed by atoms with Crippen molar-refractivity contribution in [1.29, 1.82) is 0 Å². The first-order valence-corrected chi connectivity index (χ1v) is 6.67. The molecule has 0 aromatic carbocycles. The van der Waals surface area contributed by atoms with E-state index in [9.17, 15) is 0 Å². The van der Waals surface area contributed by atoms with Gasteiger partial charge in [-0.1, -0.05) is 12.1 Å². The van der Waals surface area contributed by atoms with Crippen LogP contribution in [0.5, 0.6) is 0 Å². The second-order valence-corrected chi connectivity index (χ2v) is 4.88. The van der Waals surface area contributed by atoms with Crippen LogP contribution >= 0.6 is 0 Å². The molecular formula is C12H23N5. The van der Waals surface area contributed by atoms with E-state index in [2.05, 4.69) is 34.8 Å². The Hall–Kier alpha value is -1.10. The van der Waals surface area contributed by atoms with Crippen molar-refractivity contribution in [1.82, 2.24) is 20.3 Å². The predicted octanol–water partition coefficient (Wildman–Crippen LogP) is 1.49. The maximum absolute atomic E-state index is 4.09. The number of nitrogens with one attached hydrogen (secondary N) is 2. The number of nitrogens with zero attached hydrogens (tertiary/aromatic N) is 3. The van der Waals surface area contributed by atoms with Gasteiger partial charge < -0.3 is 10.6 Å². The summed E-state index contributed by atoms with van der Waals surface area (Å²) >= 11 is 0. The summed E-state index contributed by atoms with van der Waals surface area (Å²) in [6.07, 6.45) is 5.49. The molecule has 0 amide bonds. The third kappa shape index (κ3) is 3.19. The fraction of sp³-hybridized carbons (Fsp3) is 0.833. The molecule has 2 heterocycles. The van der Waals surface area contributed by atoms with E-state index in [-0.39, 0.29) is 0 Å². The number of aromatic nitrogens is 3. The molecule has 0 saturated carbocycles. The molecule has 1 aliphatic rings. The Kier molecular flexibility index (Phi) is 4.36. The van der Waals surface area contributed by atoms with Crippen molar-refractivity contribution < 1.29 is 0 Å². The van der Waals surface area contributed by atoms with E-state index in [1.807, 2.05) is 10.9 Å². The first kappa shape index (κ1) is 12.4. The van der Waals surface area contributed by atoms with E-state index in [0.29, 0.717) is 12.0 Å². The van der Waals surface area contributed by atoms with Gasteiger partial charge in [0.15, 0.2) is 0 Å². The lowest BCUT2D eigenvalue weighted by Crippen LogP contribution is -2.39. The molecule has 5 nitrogen and oxygen atoms in total. The highest BCUT2D eigenvalue weighted by Gasteiger charge is 2.20. The van der Waals surface area contributed by atoms with Gasteiger partial charge in [-0.2, -0.15) is 0 Å². The maximum Gasteiger partial charge on any atom is 0.145 e. The summed E-state index contributed by atoms with van der Waals surface area (Å²) in [4.78, 5) is 0. The first-order chi connectivity index (χ1) is 8.31. The minimum atomic E-state index is 0.469. The van der Waals surface area contributed by atoms with Crippen LogP contribution in [0.3, 0.4) is 0 Å². The Morgan fingerprint density at radius 2 is 2.53 bits per heavy atom. The van der Waals surface area contributed by atoms with Crippen molar-refractivity contribution in [3.8, 4) is 0 Å². The molecule has 1 aromatic heterocycles. The number of hydrogen-bond donors (Lipinski definition) is 2. The molecule has 0 bridgehead atoms. The van der Waals surface area contributed by atoms with E-state index in [0.717, 1.165) is 25.3 Å². The number of hydrogen-bond acceptors (Lipinski definition) is 4. The van der Waals surface area contributed by atoms with Crippen LogP contribution in [-0.4, -0.2) is 34.1 Å². The molecule has 96 valence electrons. The van der Waals surface area contributed by atoms with Gasteiger partial charge in [0.2, 0.25) is 0 Å². The Morgan fingerprint density at radius 3 is 3.24 bits per heavy atom. The van der Waals surface area contributed by atoms with Gasteiger partial charge in [-0.25, -0.2) is 4.68 Å². The second-order valence-electron chi connectivity index (χ2n) is 4.88. The van der Waals surface area contributed by atoms with Crippen LogP contribution in [0.25, 0.3) is 0 Å². The van der Waals surface area contributed by atoms with E-state index in [1.54, 1.807) is 0 Å². The Labute approximate surface area is 103 Å². The van der Waals surface area contributed by atoms with Crippen LogP contribution in [0.15, 0.2) is 6.20 Å². The molecular weight excluding hydrogens is 214 g/mol. The summed E-state index contributed by atoms with van der Waals surface area (Å²) in [6, 6.07) is 0.469. The normalized spacial score (nSPS) is 22.4. The van der Waals surface area contributed by atoms with Crippen LogP contribution in [0.2, 0.25) is 0 Å². The average Bonchev–Trinajstić information content (AvgIpc) is 2.78. The van der Waals surface area contributed by atoms with Gasteiger partial charge in [-0.05, 0) is 45.2 Å². The van der Waals surface area contributed by atoms with Gasteiger partial charge in [0.05, 0.1) is 6.20 Å². The van der Waals surface area contributed by atoms with Crippen molar-refractivity contribution in [3.05, 3.63) is 6.20 Å². The SMILES string of the molecule is CCCn1nncc1NC(C)C1CCCNC1. The minimum Gasteiger partial charge on any atom is -0.366 e. The summed E-state index contributed by atoms with van der Waals surface area (Å²) in [5, 5.41) is 15.1. The summed E-state index contributed by atoms with van der Waals surface area (Å²) in [5.41, 5.74) is 0. The molecule has 2 atom stereocenters. The zero-order valence-corrected chi connectivity index (χ0v) is 10.8. The van der Waals surface area contributed by atoms with Gasteiger partial charge in [-0.3, -0.25) is 0 Å². The molecule has 5 heteroatoms. The van der Waals surface area contributed by atoms with Gasteiger partial charge in [0, 0.05) is 12.6 Å². The zero-order chi connectivity index (χ0) is 12.1. The van der Waals surface area contributed by atoms with Crippen LogP contribution in [0.4, 0.5) is 5.82 Å². The predicted molar refractivity (Wildman–Crippen MR) is 69.0 cm³/mol. The highest BCUT2D eigenvalue weighted by molar-refractivity contribution is 5.32. The van der Waals surface area contributed by atoms with Crippen molar-refractivity contribution >= 4 is 5.82 Å². The number of piperidine rings is 1. The smallest absolute Gasteiger partial charge is 0.145 e. The Bertz CT molecular complexity index is 329. The van der Waals surface area contributed by atoms with Crippen molar-refractivity contribution in [2.45, 2.75) is 45.7 Å². The van der Waals surface area contributed by atoms with Crippen molar-refractivity contribution in [3.63, 3.8) is 0 Å². The number of anilines is 1. The molecule has 0 aliphatic carbocycles. The van der Waals surface area contributed by atoms with Gasteiger partial charge in [0.25, 0.3) is 0 Å². The highest BCUT2D eigenvalue weighted by Crippen LogP contribution is 2.18. The van der Waals surface area contributed by atoms with Crippen molar-refractivity contribution in [2.24, 2.45) is 5.92 Å². The Morgan fingerprint density at radius 1 is 1.65 bits per heavy atom. The molecule has 0 spiro atoms. The number of rotatable bonds is 5. The molecule has 17 heavy (non-hydrogen) atoms. The summed E-state index contributed by atoms with van der Waals surface area (Å²) in [7, 11) is 0. The van der Waals surface area contributed by atoms with Crippen LogP contribution in [0.1, 0.15) is 33.1 Å². The molecule has 0 radical (unpaired) electrons. The second kappa shape index (κ2) is 6.00. The zero-order valence-electron chi connectivity index (χ0n) is 10.8. The van der Waals surface area contributed by atoms with E-state index in [4.69, 9.17) is 0 Å². The van der Waals surface area contributed by atoms with Crippen LogP contribution in [0, 0.1) is 5.92 Å². The van der Waals surface area contributed by atoms with Gasteiger partial charge in [-0.15, -0.1) is 5.10 Å². The summed E-state index contributed by atoms with van der Waals surface area (Å²) in [6.45, 7) is 7.61. The topological polar surface area (TPSA) is 54.8 Å². The average molecular weight is 237 g/mol.